The number of nitrogens with one attached hydrogen (secondary N) is 1. The third kappa shape index (κ3) is 5.38. The molecular weight excluding hydrogens is 475 g/mol. The summed E-state index contributed by atoms with van der Waals surface area (Å²) in [5.74, 6) is 0.720. The van der Waals surface area contributed by atoms with Gasteiger partial charge in [-0.15, -0.1) is 0 Å². The lowest BCUT2D eigenvalue weighted by atomic mass is 10.0. The number of alkyl halides is 1. The molecule has 1 aliphatic carbocycles. The Bertz CT molecular complexity index is 1360. The van der Waals surface area contributed by atoms with E-state index in [1.54, 1.807) is 36.5 Å². The fraction of sp³-hybridized carbons (Fsp3) is 0.286. The molecule has 4 atom stereocenters. The van der Waals surface area contributed by atoms with Crippen LogP contribution in [0.1, 0.15) is 29.9 Å². The van der Waals surface area contributed by atoms with E-state index >= 15 is 0 Å². The number of hydrogen-bond donors (Lipinski definition) is 2. The molecule has 1 saturated heterocycles. The topological polar surface area (TPSA) is 116 Å². The molecule has 3 aromatic rings. The number of likely N-dealkylation sites (tertiary alicyclic amines) is 1. The number of hydrogen-bond acceptors (Lipinski definition) is 5. The summed E-state index contributed by atoms with van der Waals surface area (Å²) in [6.45, 7) is -0.0999. The zero-order valence-corrected chi connectivity index (χ0v) is 19.9. The Morgan fingerprint density at radius 3 is 2.65 bits per heavy atom. The molecular formula is C28H25FN4O4. The molecule has 0 unspecified atom stereocenters. The Balaban J connectivity index is 1.26. The van der Waals surface area contributed by atoms with Gasteiger partial charge in [-0.1, -0.05) is 36.4 Å². The number of carboxylic acid groups (broad SMARTS) is 1. The van der Waals surface area contributed by atoms with Crippen LogP contribution in [0, 0.1) is 17.2 Å². The molecule has 2 aliphatic rings. The molecule has 1 aromatic heterocycles. The number of anilines is 1. The van der Waals surface area contributed by atoms with Gasteiger partial charge < -0.3 is 20.1 Å². The lowest BCUT2D eigenvalue weighted by Gasteiger charge is -2.33. The molecule has 2 N–H and O–H groups in total. The second-order valence-corrected chi connectivity index (χ2v) is 9.29. The summed E-state index contributed by atoms with van der Waals surface area (Å²) in [6, 6.07) is 20.6. The van der Waals surface area contributed by atoms with Gasteiger partial charge in [-0.3, -0.25) is 4.79 Å². The number of rotatable bonds is 6. The third-order valence-corrected chi connectivity index (χ3v) is 6.83. The first-order chi connectivity index (χ1) is 17.9. The fourth-order valence-corrected chi connectivity index (χ4v) is 4.70. The number of pyridine rings is 1. The van der Waals surface area contributed by atoms with Crippen molar-refractivity contribution in [2.45, 2.75) is 31.0 Å². The number of piperidine rings is 1. The Morgan fingerprint density at radius 1 is 1.14 bits per heavy atom. The van der Waals surface area contributed by atoms with Crippen LogP contribution in [0.4, 0.5) is 15.0 Å². The second kappa shape index (κ2) is 10.3. The van der Waals surface area contributed by atoms with Crippen LogP contribution in [0.5, 0.6) is 5.75 Å². The summed E-state index contributed by atoms with van der Waals surface area (Å²) < 4.78 is 20.3. The van der Waals surface area contributed by atoms with Crippen LogP contribution >= 0.6 is 0 Å². The maximum absolute atomic E-state index is 14.5. The normalized spacial score (nSPS) is 22.5. The molecule has 2 fully saturated rings. The van der Waals surface area contributed by atoms with E-state index in [9.17, 15) is 19.2 Å². The molecule has 8 nitrogen and oxygen atoms in total. The largest absolute Gasteiger partial charge is 0.486 e. The number of amides is 2. The molecule has 0 spiro atoms. The Labute approximate surface area is 213 Å². The van der Waals surface area contributed by atoms with E-state index in [1.807, 2.05) is 30.3 Å². The van der Waals surface area contributed by atoms with Gasteiger partial charge in [0, 0.05) is 25.1 Å². The fourth-order valence-electron chi connectivity index (χ4n) is 4.70. The van der Waals surface area contributed by atoms with Crippen molar-refractivity contribution < 1.29 is 23.8 Å². The van der Waals surface area contributed by atoms with Gasteiger partial charge in [-0.25, -0.2) is 14.2 Å². The van der Waals surface area contributed by atoms with Gasteiger partial charge in [0.05, 0.1) is 12.1 Å². The average Bonchev–Trinajstić information content (AvgIpc) is 3.72. The zero-order chi connectivity index (χ0) is 25.9. The van der Waals surface area contributed by atoms with Crippen LogP contribution in [0.15, 0.2) is 66.9 Å². The number of ether oxygens (including phenoxy) is 1. The first-order valence-electron chi connectivity index (χ1n) is 12.1. The molecule has 1 saturated carbocycles. The van der Waals surface area contributed by atoms with Gasteiger partial charge in [-0.05, 0) is 53.3 Å². The minimum absolute atomic E-state index is 0.0744. The summed E-state index contributed by atoms with van der Waals surface area (Å²) in [5.41, 5.74) is 2.86. The number of carbonyl (C=O) groups is 2. The van der Waals surface area contributed by atoms with Gasteiger partial charge in [0.2, 0.25) is 5.91 Å². The number of carbonyl (C=O) groups excluding carboxylic acids is 1. The van der Waals surface area contributed by atoms with E-state index in [-0.39, 0.29) is 48.6 Å². The summed E-state index contributed by atoms with van der Waals surface area (Å²) >= 11 is 0. The quantitative estimate of drug-likeness (QED) is 0.501. The minimum atomic E-state index is -1.49. The van der Waals surface area contributed by atoms with Crippen molar-refractivity contribution >= 4 is 17.8 Å². The lowest BCUT2D eigenvalue weighted by molar-refractivity contribution is -0.117. The van der Waals surface area contributed by atoms with Gasteiger partial charge in [-0.2, -0.15) is 5.26 Å². The monoisotopic (exact) mass is 500 g/mol. The number of nitriles is 1. The first-order valence-corrected chi connectivity index (χ1v) is 12.1. The van der Waals surface area contributed by atoms with Crippen molar-refractivity contribution in [1.82, 2.24) is 9.88 Å². The van der Waals surface area contributed by atoms with Crippen LogP contribution in [0.25, 0.3) is 11.1 Å². The maximum Gasteiger partial charge on any atom is 0.407 e. The number of halogens is 1. The van der Waals surface area contributed by atoms with E-state index < -0.39 is 18.4 Å². The predicted molar refractivity (Wildman–Crippen MR) is 134 cm³/mol. The van der Waals surface area contributed by atoms with E-state index in [0.29, 0.717) is 11.4 Å². The van der Waals surface area contributed by atoms with Gasteiger partial charge in [0.1, 0.15) is 23.7 Å². The maximum atomic E-state index is 14.5. The van der Waals surface area contributed by atoms with Crippen LogP contribution in [0.3, 0.4) is 0 Å². The molecule has 2 heterocycles. The molecule has 9 heteroatoms. The van der Waals surface area contributed by atoms with Crippen LogP contribution in [0.2, 0.25) is 0 Å². The SMILES string of the molecule is N#Cc1cc(-c2ccnc(NC(=O)[C@@H]3C[C@@H]3c3ccccc3)c2)ccc1O[C@H]1CCN(C(=O)O)C[C@H]1F. The predicted octanol–water partition coefficient (Wildman–Crippen LogP) is 4.83. The zero-order valence-electron chi connectivity index (χ0n) is 19.9. The average molecular weight is 501 g/mol. The van der Waals surface area contributed by atoms with Gasteiger partial charge in [0.15, 0.2) is 6.17 Å². The highest BCUT2D eigenvalue weighted by atomic mass is 19.1. The van der Waals surface area contributed by atoms with Crippen molar-refractivity contribution in [3.8, 4) is 22.9 Å². The molecule has 188 valence electrons. The standard InChI is InChI=1S/C28H25FN4O4/c29-23-16-33(28(35)36)11-9-25(23)37-24-7-6-18(12-20(24)15-30)19-8-10-31-26(13-19)32-27(34)22-14-21(22)17-4-2-1-3-5-17/h1-8,10,12-13,21-23,25H,9,11,14,16H2,(H,35,36)(H,31,32,34)/t21-,22-,23-,25+/m1/s1. The summed E-state index contributed by atoms with van der Waals surface area (Å²) in [6.07, 6.45) is -0.900. The lowest BCUT2D eigenvalue weighted by Crippen LogP contribution is -2.48. The second-order valence-electron chi connectivity index (χ2n) is 9.29. The van der Waals surface area contributed by atoms with Crippen molar-refractivity contribution in [2.75, 3.05) is 18.4 Å². The van der Waals surface area contributed by atoms with Crippen LogP contribution in [-0.4, -0.2) is 52.4 Å². The van der Waals surface area contributed by atoms with Crippen molar-refractivity contribution in [3.63, 3.8) is 0 Å². The Kier molecular flexibility index (Phi) is 6.73. The van der Waals surface area contributed by atoms with Gasteiger partial charge in [0.25, 0.3) is 0 Å². The Morgan fingerprint density at radius 2 is 1.92 bits per heavy atom. The molecule has 1 aliphatic heterocycles. The highest BCUT2D eigenvalue weighted by Crippen LogP contribution is 2.47. The Hall–Kier alpha value is -4.45. The van der Waals surface area contributed by atoms with Crippen LogP contribution < -0.4 is 10.1 Å². The van der Waals surface area contributed by atoms with Gasteiger partial charge >= 0.3 is 6.09 Å². The smallest absolute Gasteiger partial charge is 0.407 e. The van der Waals surface area contributed by atoms with E-state index in [0.717, 1.165) is 22.4 Å². The van der Waals surface area contributed by atoms with E-state index in [2.05, 4.69) is 16.4 Å². The molecule has 2 amide bonds. The van der Waals surface area contributed by atoms with Crippen LogP contribution in [-0.2, 0) is 4.79 Å². The van der Waals surface area contributed by atoms with Crippen molar-refractivity contribution in [3.05, 3.63) is 78.0 Å². The summed E-state index contributed by atoms with van der Waals surface area (Å²) in [4.78, 5) is 29.1. The number of nitrogens with zero attached hydrogens (tertiary/aromatic N) is 3. The van der Waals surface area contributed by atoms with E-state index in [4.69, 9.17) is 9.84 Å². The minimum Gasteiger partial charge on any atom is -0.486 e. The number of aromatic nitrogens is 1. The highest BCUT2D eigenvalue weighted by Gasteiger charge is 2.44. The van der Waals surface area contributed by atoms with E-state index in [1.165, 1.54) is 0 Å². The summed E-state index contributed by atoms with van der Waals surface area (Å²) in [7, 11) is 0. The molecule has 37 heavy (non-hydrogen) atoms. The molecule has 0 radical (unpaired) electrons. The highest BCUT2D eigenvalue weighted by molar-refractivity contribution is 5.95. The van der Waals surface area contributed by atoms with Crippen molar-refractivity contribution in [1.29, 1.82) is 5.26 Å². The third-order valence-electron chi connectivity index (χ3n) is 6.83. The van der Waals surface area contributed by atoms with Crippen molar-refractivity contribution in [2.24, 2.45) is 5.92 Å². The number of benzene rings is 2. The molecule has 2 aromatic carbocycles. The first kappa shape index (κ1) is 24.3. The summed E-state index contributed by atoms with van der Waals surface area (Å²) in [5, 5.41) is 21.6. The molecule has 5 rings (SSSR count). The molecule has 0 bridgehead atoms.